The molecule has 0 bridgehead atoms. The summed E-state index contributed by atoms with van der Waals surface area (Å²) in [5, 5.41) is 3.05. The molecular formula is C12H22N2O2. The predicted molar refractivity (Wildman–Crippen MR) is 62.3 cm³/mol. The molecule has 2 rings (SSSR count). The molecule has 2 aliphatic rings. The van der Waals surface area contributed by atoms with Gasteiger partial charge >= 0.3 is 6.03 Å². The maximum atomic E-state index is 12.0. The summed E-state index contributed by atoms with van der Waals surface area (Å²) >= 11 is 0. The number of rotatable bonds is 1. The number of carbonyl (C=O) groups excluding carboxylic acids is 1. The second-order valence-electron chi connectivity index (χ2n) is 5.03. The first-order valence-electron chi connectivity index (χ1n) is 6.39. The summed E-state index contributed by atoms with van der Waals surface area (Å²) in [6.45, 7) is 5.54. The number of ether oxygens (including phenoxy) is 1. The average molecular weight is 226 g/mol. The summed E-state index contributed by atoms with van der Waals surface area (Å²) in [6.07, 6.45) is 4.47. The maximum absolute atomic E-state index is 12.0. The lowest BCUT2D eigenvalue weighted by molar-refractivity contribution is 0.178. The van der Waals surface area contributed by atoms with Gasteiger partial charge in [0.05, 0.1) is 12.6 Å². The van der Waals surface area contributed by atoms with Crippen LogP contribution in [0.4, 0.5) is 4.79 Å². The van der Waals surface area contributed by atoms with Crippen molar-refractivity contribution in [2.24, 2.45) is 5.92 Å². The fourth-order valence-corrected chi connectivity index (χ4v) is 2.38. The van der Waals surface area contributed by atoms with Gasteiger partial charge in [-0.1, -0.05) is 6.92 Å². The third-order valence-corrected chi connectivity index (χ3v) is 3.56. The van der Waals surface area contributed by atoms with E-state index in [1.54, 1.807) is 0 Å². The molecule has 4 nitrogen and oxygen atoms in total. The van der Waals surface area contributed by atoms with E-state index in [9.17, 15) is 4.79 Å². The fourth-order valence-electron chi connectivity index (χ4n) is 2.38. The third-order valence-electron chi connectivity index (χ3n) is 3.56. The summed E-state index contributed by atoms with van der Waals surface area (Å²) < 4.78 is 5.25. The van der Waals surface area contributed by atoms with Gasteiger partial charge in [-0.2, -0.15) is 0 Å². The predicted octanol–water partition coefficient (Wildman–Crippen LogP) is 1.61. The first kappa shape index (κ1) is 11.7. The van der Waals surface area contributed by atoms with Crippen molar-refractivity contribution >= 4 is 6.03 Å². The molecular weight excluding hydrogens is 204 g/mol. The van der Waals surface area contributed by atoms with Crippen LogP contribution in [0.1, 0.15) is 32.6 Å². The Morgan fingerprint density at radius 1 is 1.31 bits per heavy atom. The van der Waals surface area contributed by atoms with E-state index in [4.69, 9.17) is 4.74 Å². The molecule has 0 aromatic heterocycles. The van der Waals surface area contributed by atoms with Crippen LogP contribution in [0.25, 0.3) is 0 Å². The molecule has 4 heteroatoms. The Kier molecular flexibility index (Phi) is 4.04. The molecule has 0 spiro atoms. The van der Waals surface area contributed by atoms with Crippen molar-refractivity contribution in [1.29, 1.82) is 0 Å². The van der Waals surface area contributed by atoms with E-state index >= 15 is 0 Å². The Bertz CT molecular complexity index is 239. The molecule has 2 amide bonds. The van der Waals surface area contributed by atoms with Gasteiger partial charge in [0.25, 0.3) is 0 Å². The average Bonchev–Trinajstić information content (AvgIpc) is 2.66. The van der Waals surface area contributed by atoms with Crippen LogP contribution in [0.3, 0.4) is 0 Å². The number of hydrogen-bond acceptors (Lipinski definition) is 2. The van der Waals surface area contributed by atoms with E-state index in [0.29, 0.717) is 6.61 Å². The number of hydrogen-bond donors (Lipinski definition) is 1. The molecule has 2 atom stereocenters. The normalized spacial score (nSPS) is 31.2. The van der Waals surface area contributed by atoms with Crippen molar-refractivity contribution in [2.75, 3.05) is 26.3 Å². The van der Waals surface area contributed by atoms with Crippen LogP contribution in [-0.2, 0) is 4.74 Å². The molecule has 0 aromatic carbocycles. The Hall–Kier alpha value is -0.770. The Morgan fingerprint density at radius 2 is 2.19 bits per heavy atom. The third kappa shape index (κ3) is 3.11. The van der Waals surface area contributed by atoms with Gasteiger partial charge in [-0.15, -0.1) is 0 Å². The smallest absolute Gasteiger partial charge is 0.317 e. The second kappa shape index (κ2) is 5.53. The van der Waals surface area contributed by atoms with Crippen LogP contribution in [-0.4, -0.2) is 43.3 Å². The van der Waals surface area contributed by atoms with E-state index in [1.807, 2.05) is 4.90 Å². The molecule has 0 aromatic rings. The highest BCUT2D eigenvalue weighted by atomic mass is 16.5. The number of likely N-dealkylation sites (tertiary alicyclic amines) is 1. The largest absolute Gasteiger partial charge is 0.379 e. The van der Waals surface area contributed by atoms with Crippen molar-refractivity contribution in [2.45, 2.75) is 38.6 Å². The second-order valence-corrected chi connectivity index (χ2v) is 5.03. The Balaban J connectivity index is 1.78. The molecule has 1 N–H and O–H groups in total. The highest BCUT2D eigenvalue weighted by molar-refractivity contribution is 5.74. The molecule has 0 aliphatic carbocycles. The molecule has 16 heavy (non-hydrogen) atoms. The van der Waals surface area contributed by atoms with Gasteiger partial charge in [0.1, 0.15) is 0 Å². The summed E-state index contributed by atoms with van der Waals surface area (Å²) in [5.74, 6) is 0.757. The summed E-state index contributed by atoms with van der Waals surface area (Å²) in [7, 11) is 0. The quantitative estimate of drug-likeness (QED) is 0.738. The van der Waals surface area contributed by atoms with E-state index in [2.05, 4.69) is 12.2 Å². The minimum absolute atomic E-state index is 0.101. The zero-order valence-corrected chi connectivity index (χ0v) is 10.1. The standard InChI is InChI=1S/C12H22N2O2/c1-10-3-2-6-14(7-4-10)12(15)13-11-5-8-16-9-11/h10-11H,2-9H2,1H3,(H,13,15). The minimum atomic E-state index is 0.101. The first-order valence-corrected chi connectivity index (χ1v) is 6.39. The maximum Gasteiger partial charge on any atom is 0.317 e. The molecule has 92 valence electrons. The van der Waals surface area contributed by atoms with Gasteiger partial charge in [0.15, 0.2) is 0 Å². The summed E-state index contributed by atoms with van der Waals surface area (Å²) in [4.78, 5) is 13.9. The first-order chi connectivity index (χ1) is 7.75. The van der Waals surface area contributed by atoms with Gasteiger partial charge in [0.2, 0.25) is 0 Å². The number of urea groups is 1. The lowest BCUT2D eigenvalue weighted by Gasteiger charge is -2.23. The lowest BCUT2D eigenvalue weighted by atomic mass is 10.0. The van der Waals surface area contributed by atoms with Crippen LogP contribution < -0.4 is 5.32 Å². The number of nitrogens with one attached hydrogen (secondary N) is 1. The van der Waals surface area contributed by atoms with Gasteiger partial charge in [0, 0.05) is 19.7 Å². The number of amides is 2. The molecule has 2 heterocycles. The van der Waals surface area contributed by atoms with Crippen molar-refractivity contribution in [1.82, 2.24) is 10.2 Å². The van der Waals surface area contributed by atoms with Crippen molar-refractivity contribution in [3.8, 4) is 0 Å². The van der Waals surface area contributed by atoms with Gasteiger partial charge in [-0.3, -0.25) is 0 Å². The summed E-state index contributed by atoms with van der Waals surface area (Å²) in [6, 6.07) is 0.331. The van der Waals surface area contributed by atoms with Crippen molar-refractivity contribution in [3.63, 3.8) is 0 Å². The molecule has 0 radical (unpaired) electrons. The van der Waals surface area contributed by atoms with Gasteiger partial charge in [-0.05, 0) is 31.6 Å². The van der Waals surface area contributed by atoms with Crippen LogP contribution in [0.15, 0.2) is 0 Å². The van der Waals surface area contributed by atoms with Crippen LogP contribution in [0.2, 0.25) is 0 Å². The van der Waals surface area contributed by atoms with Crippen LogP contribution in [0.5, 0.6) is 0 Å². The Labute approximate surface area is 97.3 Å². The van der Waals surface area contributed by atoms with E-state index in [-0.39, 0.29) is 12.1 Å². The van der Waals surface area contributed by atoms with Gasteiger partial charge < -0.3 is 15.0 Å². The monoisotopic (exact) mass is 226 g/mol. The number of carbonyl (C=O) groups is 1. The number of nitrogens with zero attached hydrogens (tertiary/aromatic N) is 1. The van der Waals surface area contributed by atoms with Gasteiger partial charge in [-0.25, -0.2) is 4.79 Å². The van der Waals surface area contributed by atoms with E-state index in [1.165, 1.54) is 6.42 Å². The van der Waals surface area contributed by atoms with Crippen LogP contribution >= 0.6 is 0 Å². The molecule has 0 saturated carbocycles. The molecule has 2 aliphatic heterocycles. The topological polar surface area (TPSA) is 41.6 Å². The van der Waals surface area contributed by atoms with Crippen LogP contribution in [0, 0.1) is 5.92 Å². The van der Waals surface area contributed by atoms with E-state index in [0.717, 1.165) is 44.9 Å². The SMILES string of the molecule is CC1CCCN(C(=O)NC2CCOC2)CC1. The highest BCUT2D eigenvalue weighted by Gasteiger charge is 2.22. The molecule has 2 saturated heterocycles. The lowest BCUT2D eigenvalue weighted by Crippen LogP contribution is -2.45. The summed E-state index contributed by atoms with van der Waals surface area (Å²) in [5.41, 5.74) is 0. The van der Waals surface area contributed by atoms with Crippen molar-refractivity contribution in [3.05, 3.63) is 0 Å². The molecule has 2 unspecified atom stereocenters. The zero-order chi connectivity index (χ0) is 11.4. The zero-order valence-electron chi connectivity index (χ0n) is 10.1. The Morgan fingerprint density at radius 3 is 2.94 bits per heavy atom. The highest BCUT2D eigenvalue weighted by Crippen LogP contribution is 2.16. The minimum Gasteiger partial charge on any atom is -0.379 e. The fraction of sp³-hybridized carbons (Fsp3) is 0.917. The van der Waals surface area contributed by atoms with Crippen molar-refractivity contribution < 1.29 is 9.53 Å². The van der Waals surface area contributed by atoms with E-state index < -0.39 is 0 Å². The molecule has 2 fully saturated rings.